The zero-order chi connectivity index (χ0) is 15.6. The second-order valence-electron chi connectivity index (χ2n) is 5.83. The third-order valence-electron chi connectivity index (χ3n) is 4.11. The molecule has 132 valence electrons. The average Bonchev–Trinajstić information content (AvgIpc) is 3.06. The molecule has 0 aliphatic carbocycles. The monoisotopic (exact) mass is 435 g/mol. The van der Waals surface area contributed by atoms with Gasteiger partial charge in [-0.1, -0.05) is 0 Å². The van der Waals surface area contributed by atoms with Gasteiger partial charge in [0.1, 0.15) is 5.76 Å². The Morgan fingerprint density at radius 1 is 1.39 bits per heavy atom. The predicted molar refractivity (Wildman–Crippen MR) is 105 cm³/mol. The summed E-state index contributed by atoms with van der Waals surface area (Å²) < 4.78 is 10.8. The molecule has 1 aromatic rings. The van der Waals surface area contributed by atoms with Crippen molar-refractivity contribution in [3.8, 4) is 0 Å². The standard InChI is InChI=1S/C17H29N3O2.HI/c1-3-18-17(19-10-6-16-5-4-12-22-16)20(2)11-7-15-8-13-21-14-9-15;/h4-5,12,15H,3,6-11,13-14H2,1-2H3,(H,18,19);1H. The second-order valence-corrected chi connectivity index (χ2v) is 5.83. The lowest BCUT2D eigenvalue weighted by Crippen LogP contribution is -2.40. The van der Waals surface area contributed by atoms with Crippen LogP contribution >= 0.6 is 24.0 Å². The molecule has 2 heterocycles. The molecule has 1 aliphatic rings. The summed E-state index contributed by atoms with van der Waals surface area (Å²) in [5.74, 6) is 2.77. The van der Waals surface area contributed by atoms with Crippen molar-refractivity contribution in [3.63, 3.8) is 0 Å². The summed E-state index contributed by atoms with van der Waals surface area (Å²) in [7, 11) is 2.12. The number of rotatable bonds is 7. The number of furan rings is 1. The second kappa shape index (κ2) is 11.7. The van der Waals surface area contributed by atoms with Crippen LogP contribution in [0.1, 0.15) is 31.9 Å². The molecular formula is C17H30IN3O2. The fourth-order valence-electron chi connectivity index (χ4n) is 2.71. The zero-order valence-corrected chi connectivity index (χ0v) is 16.6. The van der Waals surface area contributed by atoms with Crippen LogP contribution in [0.25, 0.3) is 0 Å². The number of nitrogens with one attached hydrogen (secondary N) is 1. The number of hydrogen-bond donors (Lipinski definition) is 1. The van der Waals surface area contributed by atoms with E-state index in [0.717, 1.165) is 56.9 Å². The maximum Gasteiger partial charge on any atom is 0.193 e. The van der Waals surface area contributed by atoms with Crippen molar-refractivity contribution in [2.75, 3.05) is 39.9 Å². The Bertz CT molecular complexity index is 431. The van der Waals surface area contributed by atoms with Gasteiger partial charge in [-0.2, -0.15) is 0 Å². The first-order chi connectivity index (χ1) is 10.8. The maximum absolute atomic E-state index is 5.42. The van der Waals surface area contributed by atoms with Crippen molar-refractivity contribution in [1.82, 2.24) is 10.2 Å². The highest BCUT2D eigenvalue weighted by Gasteiger charge is 2.15. The normalized spacial score (nSPS) is 16.0. The van der Waals surface area contributed by atoms with Gasteiger partial charge >= 0.3 is 0 Å². The van der Waals surface area contributed by atoms with Crippen LogP contribution in [-0.4, -0.2) is 50.8 Å². The first-order valence-electron chi connectivity index (χ1n) is 8.39. The SMILES string of the molecule is CCNC(=NCCc1ccco1)N(C)CCC1CCOCC1.I. The molecule has 0 aromatic carbocycles. The van der Waals surface area contributed by atoms with E-state index in [2.05, 4.69) is 24.2 Å². The van der Waals surface area contributed by atoms with Crippen LogP contribution in [0.3, 0.4) is 0 Å². The summed E-state index contributed by atoms with van der Waals surface area (Å²) in [5, 5.41) is 3.37. The molecule has 0 atom stereocenters. The maximum atomic E-state index is 5.42. The van der Waals surface area contributed by atoms with E-state index in [1.54, 1.807) is 6.26 Å². The minimum atomic E-state index is 0. The molecule has 0 bridgehead atoms. The predicted octanol–water partition coefficient (Wildman–Crippen LogP) is 3.15. The lowest BCUT2D eigenvalue weighted by molar-refractivity contribution is 0.0625. The number of halogens is 1. The highest BCUT2D eigenvalue weighted by atomic mass is 127. The first-order valence-corrected chi connectivity index (χ1v) is 8.39. The summed E-state index contributed by atoms with van der Waals surface area (Å²) in [4.78, 5) is 6.94. The number of aliphatic imine (C=N–C) groups is 1. The first kappa shape index (κ1) is 20.3. The van der Waals surface area contributed by atoms with E-state index in [-0.39, 0.29) is 24.0 Å². The van der Waals surface area contributed by atoms with Gasteiger partial charge in [0.15, 0.2) is 5.96 Å². The van der Waals surface area contributed by atoms with Gasteiger partial charge < -0.3 is 19.4 Å². The van der Waals surface area contributed by atoms with E-state index in [9.17, 15) is 0 Å². The van der Waals surface area contributed by atoms with Crippen molar-refractivity contribution in [2.24, 2.45) is 10.9 Å². The Kier molecular flexibility index (Phi) is 10.3. The molecule has 2 rings (SSSR count). The van der Waals surface area contributed by atoms with Gasteiger partial charge in [0, 0.05) is 46.3 Å². The largest absolute Gasteiger partial charge is 0.469 e. The number of ether oxygens (including phenoxy) is 1. The van der Waals surface area contributed by atoms with Crippen molar-refractivity contribution in [2.45, 2.75) is 32.6 Å². The lowest BCUT2D eigenvalue weighted by Gasteiger charge is -2.26. The van der Waals surface area contributed by atoms with E-state index in [0.29, 0.717) is 0 Å². The molecule has 1 aliphatic heterocycles. The minimum absolute atomic E-state index is 0. The van der Waals surface area contributed by atoms with Gasteiger partial charge in [0.25, 0.3) is 0 Å². The third-order valence-corrected chi connectivity index (χ3v) is 4.11. The summed E-state index contributed by atoms with van der Waals surface area (Å²) in [5.41, 5.74) is 0. The van der Waals surface area contributed by atoms with Crippen molar-refractivity contribution < 1.29 is 9.15 Å². The van der Waals surface area contributed by atoms with E-state index >= 15 is 0 Å². The zero-order valence-electron chi connectivity index (χ0n) is 14.3. The summed E-state index contributed by atoms with van der Waals surface area (Å²) in [6.07, 6.45) is 6.16. The molecule has 1 saturated heterocycles. The van der Waals surface area contributed by atoms with E-state index < -0.39 is 0 Å². The Labute approximate surface area is 156 Å². The summed E-state index contributed by atoms with van der Waals surface area (Å²) in [6, 6.07) is 3.92. The van der Waals surface area contributed by atoms with Gasteiger partial charge in [-0.05, 0) is 44.2 Å². The number of nitrogens with zero attached hydrogens (tertiary/aromatic N) is 2. The minimum Gasteiger partial charge on any atom is -0.469 e. The molecule has 0 saturated carbocycles. The van der Waals surface area contributed by atoms with Crippen molar-refractivity contribution in [1.29, 1.82) is 0 Å². The van der Waals surface area contributed by atoms with Crippen LogP contribution in [0.4, 0.5) is 0 Å². The average molecular weight is 435 g/mol. The van der Waals surface area contributed by atoms with Gasteiger partial charge in [-0.25, -0.2) is 0 Å². The van der Waals surface area contributed by atoms with Crippen LogP contribution in [0, 0.1) is 5.92 Å². The van der Waals surface area contributed by atoms with E-state index in [4.69, 9.17) is 14.1 Å². The number of hydrogen-bond acceptors (Lipinski definition) is 3. The highest BCUT2D eigenvalue weighted by molar-refractivity contribution is 14.0. The van der Waals surface area contributed by atoms with Crippen LogP contribution < -0.4 is 5.32 Å². The van der Waals surface area contributed by atoms with Gasteiger partial charge in [0.2, 0.25) is 0 Å². The fourth-order valence-corrected chi connectivity index (χ4v) is 2.71. The molecule has 0 spiro atoms. The van der Waals surface area contributed by atoms with Crippen LogP contribution in [0.5, 0.6) is 0 Å². The molecule has 1 fully saturated rings. The molecule has 23 heavy (non-hydrogen) atoms. The molecule has 1 N–H and O–H groups in total. The summed E-state index contributed by atoms with van der Waals surface area (Å²) >= 11 is 0. The van der Waals surface area contributed by atoms with Crippen LogP contribution in [0.2, 0.25) is 0 Å². The Hall–Kier alpha value is -0.760. The fraction of sp³-hybridized carbons (Fsp3) is 0.706. The topological polar surface area (TPSA) is 50.0 Å². The van der Waals surface area contributed by atoms with Crippen LogP contribution in [0.15, 0.2) is 27.8 Å². The Morgan fingerprint density at radius 3 is 2.83 bits per heavy atom. The molecule has 6 heteroatoms. The van der Waals surface area contributed by atoms with Crippen LogP contribution in [-0.2, 0) is 11.2 Å². The number of guanidine groups is 1. The van der Waals surface area contributed by atoms with Gasteiger partial charge in [-0.3, -0.25) is 4.99 Å². The molecule has 5 nitrogen and oxygen atoms in total. The van der Waals surface area contributed by atoms with Gasteiger partial charge in [0.05, 0.1) is 6.26 Å². The lowest BCUT2D eigenvalue weighted by atomic mass is 9.96. The quantitative estimate of drug-likeness (QED) is 0.406. The highest BCUT2D eigenvalue weighted by Crippen LogP contribution is 2.18. The Morgan fingerprint density at radius 2 is 2.17 bits per heavy atom. The summed E-state index contributed by atoms with van der Waals surface area (Å²) in [6.45, 7) is 6.63. The Balaban J connectivity index is 0.00000264. The van der Waals surface area contributed by atoms with Crippen molar-refractivity contribution in [3.05, 3.63) is 24.2 Å². The molecule has 1 aromatic heterocycles. The van der Waals surface area contributed by atoms with E-state index in [1.807, 2.05) is 12.1 Å². The molecule has 0 radical (unpaired) electrons. The van der Waals surface area contributed by atoms with Crippen molar-refractivity contribution >= 4 is 29.9 Å². The smallest absolute Gasteiger partial charge is 0.193 e. The molecule has 0 amide bonds. The van der Waals surface area contributed by atoms with Gasteiger partial charge in [-0.15, -0.1) is 24.0 Å². The molecule has 0 unspecified atom stereocenters. The molecular weight excluding hydrogens is 405 g/mol. The van der Waals surface area contributed by atoms with E-state index in [1.165, 1.54) is 19.3 Å². The third kappa shape index (κ3) is 7.56.